The van der Waals surface area contributed by atoms with E-state index in [1.807, 2.05) is 62.4 Å². The summed E-state index contributed by atoms with van der Waals surface area (Å²) in [7, 11) is 0. The van der Waals surface area contributed by atoms with E-state index < -0.39 is 0 Å². The molecular formula is C23H23N3O2. The molecule has 0 radical (unpaired) electrons. The minimum absolute atomic E-state index is 0.0188. The Morgan fingerprint density at radius 3 is 2.46 bits per heavy atom. The first-order valence-corrected chi connectivity index (χ1v) is 9.37. The molecule has 5 nitrogen and oxygen atoms in total. The molecule has 0 aliphatic rings. The molecule has 0 amide bonds. The summed E-state index contributed by atoms with van der Waals surface area (Å²) in [4.78, 5) is 17.6. The van der Waals surface area contributed by atoms with Crippen molar-refractivity contribution in [3.8, 4) is 0 Å². The number of imidazole rings is 1. The minimum Gasteiger partial charge on any atom is -0.388 e. The summed E-state index contributed by atoms with van der Waals surface area (Å²) in [6.45, 7) is 4.71. The van der Waals surface area contributed by atoms with Crippen LogP contribution in [0.5, 0.6) is 0 Å². The quantitative estimate of drug-likeness (QED) is 0.522. The average Bonchev–Trinajstić information content (AvgIpc) is 3.21. The van der Waals surface area contributed by atoms with E-state index >= 15 is 0 Å². The summed E-state index contributed by atoms with van der Waals surface area (Å²) >= 11 is 0. The zero-order valence-corrected chi connectivity index (χ0v) is 16.1. The van der Waals surface area contributed by atoms with E-state index in [1.165, 1.54) is 5.56 Å². The molecule has 4 aromatic rings. The summed E-state index contributed by atoms with van der Waals surface area (Å²) in [5.41, 5.74) is 5.58. The van der Waals surface area contributed by atoms with Gasteiger partial charge in [-0.1, -0.05) is 42.5 Å². The smallest absolute Gasteiger partial charge is 0.184 e. The van der Waals surface area contributed by atoms with E-state index in [0.717, 1.165) is 34.5 Å². The number of aryl methyl sites for hydroxylation is 1. The monoisotopic (exact) mass is 373 g/mol. The molecule has 28 heavy (non-hydrogen) atoms. The van der Waals surface area contributed by atoms with Crippen LogP contribution in [-0.4, -0.2) is 25.0 Å². The highest BCUT2D eigenvalue weighted by Crippen LogP contribution is 2.21. The molecule has 2 aromatic carbocycles. The van der Waals surface area contributed by atoms with E-state index in [-0.39, 0.29) is 18.9 Å². The summed E-state index contributed by atoms with van der Waals surface area (Å²) < 4.78 is 3.97. The second-order valence-electron chi connectivity index (χ2n) is 7.04. The van der Waals surface area contributed by atoms with Crippen LogP contribution in [0.25, 0.3) is 11.0 Å². The Kier molecular flexibility index (Phi) is 4.84. The molecule has 0 saturated heterocycles. The molecule has 2 aromatic heterocycles. The maximum atomic E-state index is 13.1. The van der Waals surface area contributed by atoms with Gasteiger partial charge in [-0.15, -0.1) is 0 Å². The molecule has 1 N–H and O–H groups in total. The number of benzene rings is 2. The van der Waals surface area contributed by atoms with Gasteiger partial charge in [0.25, 0.3) is 0 Å². The third-order valence-corrected chi connectivity index (χ3v) is 5.23. The first-order valence-electron chi connectivity index (χ1n) is 9.37. The van der Waals surface area contributed by atoms with Crippen LogP contribution in [0.4, 0.5) is 0 Å². The van der Waals surface area contributed by atoms with Crippen LogP contribution in [0.3, 0.4) is 0 Å². The van der Waals surface area contributed by atoms with Gasteiger partial charge in [0.15, 0.2) is 5.78 Å². The van der Waals surface area contributed by atoms with Crippen molar-refractivity contribution in [2.75, 3.05) is 0 Å². The fourth-order valence-corrected chi connectivity index (χ4v) is 3.74. The molecular weight excluding hydrogens is 350 g/mol. The summed E-state index contributed by atoms with van der Waals surface area (Å²) in [6, 6.07) is 19.8. The molecule has 4 rings (SSSR count). The number of aliphatic hydroxyl groups excluding tert-OH is 1. The Morgan fingerprint density at radius 1 is 1.00 bits per heavy atom. The van der Waals surface area contributed by atoms with Gasteiger partial charge in [0, 0.05) is 23.5 Å². The molecule has 0 saturated carbocycles. The number of aliphatic hydroxyl groups is 1. The van der Waals surface area contributed by atoms with Gasteiger partial charge in [-0.25, -0.2) is 4.98 Å². The van der Waals surface area contributed by atoms with Crippen molar-refractivity contribution in [2.45, 2.75) is 33.5 Å². The fourth-order valence-electron chi connectivity index (χ4n) is 3.74. The predicted octanol–water partition coefficient (Wildman–Crippen LogP) is 3.88. The van der Waals surface area contributed by atoms with Gasteiger partial charge in [-0.3, -0.25) is 4.79 Å². The maximum Gasteiger partial charge on any atom is 0.184 e. The van der Waals surface area contributed by atoms with Crippen LogP contribution < -0.4 is 0 Å². The van der Waals surface area contributed by atoms with Crippen molar-refractivity contribution >= 4 is 16.8 Å². The molecule has 0 bridgehead atoms. The highest BCUT2D eigenvalue weighted by atomic mass is 16.3. The van der Waals surface area contributed by atoms with Crippen molar-refractivity contribution in [2.24, 2.45) is 0 Å². The Bertz CT molecular complexity index is 1140. The van der Waals surface area contributed by atoms with Crippen molar-refractivity contribution in [3.63, 3.8) is 0 Å². The normalized spacial score (nSPS) is 11.2. The fraction of sp³-hybridized carbons (Fsp3) is 0.217. The largest absolute Gasteiger partial charge is 0.388 e. The predicted molar refractivity (Wildman–Crippen MR) is 109 cm³/mol. The van der Waals surface area contributed by atoms with E-state index in [1.54, 1.807) is 4.57 Å². The number of ketones is 1. The lowest BCUT2D eigenvalue weighted by Crippen LogP contribution is -2.14. The van der Waals surface area contributed by atoms with Crippen LogP contribution in [0.15, 0.2) is 60.7 Å². The lowest BCUT2D eigenvalue weighted by molar-refractivity contribution is 0.0970. The minimum atomic E-state index is -0.199. The van der Waals surface area contributed by atoms with Crippen LogP contribution in [0, 0.1) is 13.8 Å². The number of rotatable bonds is 6. The Balaban J connectivity index is 1.66. The lowest BCUT2D eigenvalue weighted by Gasteiger charge is -2.11. The molecule has 0 aliphatic heterocycles. The second-order valence-corrected chi connectivity index (χ2v) is 7.04. The zero-order chi connectivity index (χ0) is 19.7. The molecule has 0 spiro atoms. The van der Waals surface area contributed by atoms with Gasteiger partial charge in [0.1, 0.15) is 12.4 Å². The van der Waals surface area contributed by atoms with Gasteiger partial charge in [-0.2, -0.15) is 0 Å². The van der Waals surface area contributed by atoms with Gasteiger partial charge in [0.2, 0.25) is 0 Å². The van der Waals surface area contributed by atoms with Gasteiger partial charge in [-0.05, 0) is 37.6 Å². The third-order valence-electron chi connectivity index (χ3n) is 5.23. The molecule has 2 heterocycles. The van der Waals surface area contributed by atoms with Gasteiger partial charge in [0.05, 0.1) is 17.6 Å². The van der Waals surface area contributed by atoms with E-state index in [4.69, 9.17) is 0 Å². The lowest BCUT2D eigenvalue weighted by atomic mass is 10.1. The number of fused-ring (bicyclic) bond motifs is 1. The summed E-state index contributed by atoms with van der Waals surface area (Å²) in [6.07, 6.45) is 0. The number of aromatic nitrogens is 3. The SMILES string of the molecule is Cc1cc(C(=O)Cn2c(CO)nc3ccccc32)c(C)n1Cc1ccccc1. The number of hydrogen-bond donors (Lipinski definition) is 1. The van der Waals surface area contributed by atoms with Crippen LogP contribution >= 0.6 is 0 Å². The average molecular weight is 373 g/mol. The number of Topliss-reactive ketones (excluding diaryl/α,β-unsaturated/α-hetero) is 1. The summed E-state index contributed by atoms with van der Waals surface area (Å²) in [5.74, 6) is 0.526. The molecule has 142 valence electrons. The number of nitrogens with zero attached hydrogens (tertiary/aromatic N) is 3. The van der Waals surface area contributed by atoms with E-state index in [2.05, 4.69) is 21.7 Å². The van der Waals surface area contributed by atoms with E-state index in [9.17, 15) is 9.90 Å². The van der Waals surface area contributed by atoms with Crippen LogP contribution in [-0.2, 0) is 19.7 Å². The Morgan fingerprint density at radius 2 is 1.71 bits per heavy atom. The van der Waals surface area contributed by atoms with Crippen molar-refractivity contribution in [3.05, 3.63) is 89.0 Å². The number of hydrogen-bond acceptors (Lipinski definition) is 3. The third kappa shape index (κ3) is 3.25. The maximum absolute atomic E-state index is 13.1. The summed E-state index contributed by atoms with van der Waals surface area (Å²) in [5, 5.41) is 9.67. The topological polar surface area (TPSA) is 60.1 Å². The second kappa shape index (κ2) is 7.44. The van der Waals surface area contributed by atoms with Crippen LogP contribution in [0.1, 0.15) is 33.1 Å². The Hall–Kier alpha value is -3.18. The first kappa shape index (κ1) is 18.2. The van der Waals surface area contributed by atoms with Crippen molar-refractivity contribution in [1.29, 1.82) is 0 Å². The van der Waals surface area contributed by atoms with Crippen molar-refractivity contribution < 1.29 is 9.90 Å². The van der Waals surface area contributed by atoms with Gasteiger partial charge >= 0.3 is 0 Å². The molecule has 0 aliphatic carbocycles. The Labute approximate surface area is 163 Å². The van der Waals surface area contributed by atoms with Crippen LogP contribution in [0.2, 0.25) is 0 Å². The molecule has 0 atom stereocenters. The highest BCUT2D eigenvalue weighted by Gasteiger charge is 2.19. The first-order chi connectivity index (χ1) is 13.6. The van der Waals surface area contributed by atoms with E-state index in [0.29, 0.717) is 5.82 Å². The number of carbonyl (C=O) groups excluding carboxylic acids is 1. The standard InChI is InChI=1S/C23H23N3O2/c1-16-12-19(17(2)25(16)13-18-8-4-3-5-9-18)22(28)14-26-21-11-7-6-10-20(21)24-23(26)15-27/h3-12,27H,13-15H2,1-2H3. The molecule has 5 heteroatoms. The molecule has 0 unspecified atom stereocenters. The zero-order valence-electron chi connectivity index (χ0n) is 16.1. The number of para-hydroxylation sites is 2. The number of carbonyl (C=O) groups is 1. The van der Waals surface area contributed by atoms with Gasteiger partial charge < -0.3 is 14.2 Å². The van der Waals surface area contributed by atoms with Crippen molar-refractivity contribution in [1.82, 2.24) is 14.1 Å². The highest BCUT2D eigenvalue weighted by molar-refractivity contribution is 5.98. The molecule has 0 fully saturated rings.